The Morgan fingerprint density at radius 1 is 1.31 bits per heavy atom. The lowest BCUT2D eigenvalue weighted by atomic mass is 9.84. The van der Waals surface area contributed by atoms with E-state index >= 15 is 0 Å². The van der Waals surface area contributed by atoms with Gasteiger partial charge >= 0.3 is 0 Å². The molecule has 0 unspecified atom stereocenters. The first-order valence-electron chi connectivity index (χ1n) is 5.96. The van der Waals surface area contributed by atoms with E-state index in [4.69, 9.17) is 9.16 Å². The monoisotopic (exact) mass is 244 g/mol. The summed E-state index contributed by atoms with van der Waals surface area (Å²) < 4.78 is 11.6. The minimum atomic E-state index is -1.53. The van der Waals surface area contributed by atoms with Crippen molar-refractivity contribution in [1.29, 1.82) is 0 Å². The first kappa shape index (κ1) is 15.9. The maximum Gasteiger partial charge on any atom is 0.184 e. The fourth-order valence-electron chi connectivity index (χ4n) is 1.46. The van der Waals surface area contributed by atoms with Crippen LogP contribution in [0.25, 0.3) is 0 Å². The Bertz CT molecular complexity index is 218. The third kappa shape index (κ3) is 5.82. The molecule has 0 saturated heterocycles. The number of hydrogen-bond acceptors (Lipinski definition) is 2. The van der Waals surface area contributed by atoms with E-state index in [0.29, 0.717) is 0 Å². The van der Waals surface area contributed by atoms with Crippen molar-refractivity contribution >= 4 is 8.32 Å². The average molecular weight is 244 g/mol. The van der Waals surface area contributed by atoms with Gasteiger partial charge in [0.15, 0.2) is 8.32 Å². The lowest BCUT2D eigenvalue weighted by Crippen LogP contribution is -2.41. The first-order chi connectivity index (χ1) is 7.12. The highest BCUT2D eigenvalue weighted by Crippen LogP contribution is 2.30. The zero-order valence-corrected chi connectivity index (χ0v) is 13.0. The molecule has 2 atom stereocenters. The van der Waals surface area contributed by atoms with Crippen molar-refractivity contribution in [3.8, 4) is 0 Å². The predicted molar refractivity (Wildman–Crippen MR) is 73.3 cm³/mol. The molecule has 0 aromatic rings. The van der Waals surface area contributed by atoms with E-state index in [1.54, 1.807) is 7.11 Å². The third-order valence-electron chi connectivity index (χ3n) is 2.80. The van der Waals surface area contributed by atoms with Gasteiger partial charge in [0.1, 0.15) is 0 Å². The predicted octanol–water partition coefficient (Wildman–Crippen LogP) is 3.84. The van der Waals surface area contributed by atoms with Gasteiger partial charge in [-0.15, -0.1) is 6.58 Å². The zero-order valence-electron chi connectivity index (χ0n) is 12.0. The van der Waals surface area contributed by atoms with Gasteiger partial charge in [-0.2, -0.15) is 0 Å². The van der Waals surface area contributed by atoms with Crippen molar-refractivity contribution < 1.29 is 9.16 Å². The summed E-state index contributed by atoms with van der Waals surface area (Å²) in [5, 5.41) is 0. The zero-order chi connectivity index (χ0) is 13.0. The molecule has 0 bridgehead atoms. The summed E-state index contributed by atoms with van der Waals surface area (Å²) >= 11 is 0. The molecule has 0 N–H and O–H groups in total. The average Bonchev–Trinajstić information content (AvgIpc) is 2.14. The highest BCUT2D eigenvalue weighted by molar-refractivity contribution is 6.69. The van der Waals surface area contributed by atoms with Gasteiger partial charge < -0.3 is 9.16 Å². The second-order valence-electron chi connectivity index (χ2n) is 6.03. The second kappa shape index (κ2) is 5.99. The molecule has 2 nitrogen and oxygen atoms in total. The van der Waals surface area contributed by atoms with E-state index in [2.05, 4.69) is 47.0 Å². The normalized spacial score (nSPS) is 16.9. The van der Waals surface area contributed by atoms with E-state index in [9.17, 15) is 0 Å². The summed E-state index contributed by atoms with van der Waals surface area (Å²) in [6.07, 6.45) is 3.31. The largest absolute Gasteiger partial charge is 0.414 e. The van der Waals surface area contributed by atoms with E-state index in [1.807, 2.05) is 6.08 Å². The van der Waals surface area contributed by atoms with Crippen LogP contribution in [0.15, 0.2) is 12.7 Å². The Morgan fingerprint density at radius 2 is 1.81 bits per heavy atom. The lowest BCUT2D eigenvalue weighted by molar-refractivity contribution is 0.0249. The van der Waals surface area contributed by atoms with Crippen molar-refractivity contribution in [3.63, 3.8) is 0 Å². The molecule has 0 heterocycles. The summed E-state index contributed by atoms with van der Waals surface area (Å²) in [6, 6.07) is 0. The van der Waals surface area contributed by atoms with E-state index in [0.717, 1.165) is 6.42 Å². The summed E-state index contributed by atoms with van der Waals surface area (Å²) in [5.74, 6) is 0. The Hall–Kier alpha value is -0.123. The van der Waals surface area contributed by atoms with E-state index in [1.165, 1.54) is 0 Å². The number of hydrogen-bond donors (Lipinski definition) is 0. The quantitative estimate of drug-likeness (QED) is 0.500. The van der Waals surface area contributed by atoms with Crippen molar-refractivity contribution in [2.75, 3.05) is 7.11 Å². The van der Waals surface area contributed by atoms with Gasteiger partial charge in [-0.3, -0.25) is 0 Å². The van der Waals surface area contributed by atoms with E-state index in [-0.39, 0.29) is 17.6 Å². The van der Waals surface area contributed by atoms with Crippen molar-refractivity contribution in [2.45, 2.75) is 59.0 Å². The molecule has 0 aliphatic rings. The Labute approximate surface area is 102 Å². The highest BCUT2D eigenvalue weighted by Gasteiger charge is 2.32. The van der Waals surface area contributed by atoms with Gasteiger partial charge in [0.2, 0.25) is 0 Å². The maximum atomic E-state index is 6.25. The van der Waals surface area contributed by atoms with Crippen LogP contribution in [0.5, 0.6) is 0 Å². The van der Waals surface area contributed by atoms with Crippen LogP contribution in [-0.2, 0) is 9.16 Å². The fraction of sp³-hybridized carbons (Fsp3) is 0.846. The molecule has 0 saturated carbocycles. The molecule has 3 heteroatoms. The lowest BCUT2D eigenvalue weighted by Gasteiger charge is -2.37. The van der Waals surface area contributed by atoms with Crippen molar-refractivity contribution in [3.05, 3.63) is 12.7 Å². The maximum absolute atomic E-state index is 6.25. The summed E-state index contributed by atoms with van der Waals surface area (Å²) in [4.78, 5) is 0. The molecule has 0 aliphatic carbocycles. The minimum absolute atomic E-state index is 0.00687. The van der Waals surface area contributed by atoms with Gasteiger partial charge in [0.05, 0.1) is 12.2 Å². The Balaban J connectivity index is 4.70. The number of rotatable bonds is 7. The molecule has 96 valence electrons. The van der Waals surface area contributed by atoms with Crippen LogP contribution in [0.2, 0.25) is 19.6 Å². The fourth-order valence-corrected chi connectivity index (χ4v) is 2.71. The van der Waals surface area contributed by atoms with Crippen LogP contribution in [0.1, 0.15) is 27.2 Å². The first-order valence-corrected chi connectivity index (χ1v) is 9.37. The van der Waals surface area contributed by atoms with Gasteiger partial charge in [-0.05, 0) is 33.0 Å². The summed E-state index contributed by atoms with van der Waals surface area (Å²) in [7, 11) is 0.218. The SMILES string of the molecule is C=CC(C)(C)[C@H](C[C@H](C)OC)O[Si](C)(C)C. The van der Waals surface area contributed by atoms with Gasteiger partial charge in [0, 0.05) is 12.5 Å². The molecular weight excluding hydrogens is 216 g/mol. The minimum Gasteiger partial charge on any atom is -0.414 e. The molecule has 0 fully saturated rings. The Morgan fingerprint density at radius 3 is 2.12 bits per heavy atom. The molecule has 0 amide bonds. The van der Waals surface area contributed by atoms with Crippen LogP contribution < -0.4 is 0 Å². The standard InChI is InChI=1S/C13H28O2Si/c1-9-13(3,4)12(10-11(2)14-5)15-16(6,7)8/h9,11-12H,1,10H2,2-8H3/t11-,12-/m0/s1. The van der Waals surface area contributed by atoms with Gasteiger partial charge in [0.25, 0.3) is 0 Å². The molecule has 0 radical (unpaired) electrons. The molecule has 0 spiro atoms. The van der Waals surface area contributed by atoms with Crippen molar-refractivity contribution in [2.24, 2.45) is 5.41 Å². The topological polar surface area (TPSA) is 18.5 Å². The van der Waals surface area contributed by atoms with Crippen LogP contribution >= 0.6 is 0 Å². The summed E-state index contributed by atoms with van der Waals surface area (Å²) in [5.41, 5.74) is -0.00687. The molecule has 0 aromatic heterocycles. The third-order valence-corrected chi connectivity index (χ3v) is 3.79. The van der Waals surface area contributed by atoms with Crippen LogP contribution in [-0.4, -0.2) is 27.6 Å². The molecule has 0 aromatic carbocycles. The van der Waals surface area contributed by atoms with Crippen molar-refractivity contribution in [1.82, 2.24) is 0 Å². The Kier molecular flexibility index (Phi) is 5.94. The molecular formula is C13H28O2Si. The van der Waals surface area contributed by atoms with Crippen LogP contribution in [0.4, 0.5) is 0 Å². The smallest absolute Gasteiger partial charge is 0.184 e. The number of ether oxygens (including phenoxy) is 1. The molecule has 16 heavy (non-hydrogen) atoms. The van der Waals surface area contributed by atoms with Crippen LogP contribution in [0, 0.1) is 5.41 Å². The number of methoxy groups -OCH3 is 1. The molecule has 0 rings (SSSR count). The van der Waals surface area contributed by atoms with Gasteiger partial charge in [-0.25, -0.2) is 0 Å². The van der Waals surface area contributed by atoms with E-state index < -0.39 is 8.32 Å². The van der Waals surface area contributed by atoms with Gasteiger partial charge in [-0.1, -0.05) is 19.9 Å². The van der Waals surface area contributed by atoms with Crippen LogP contribution in [0.3, 0.4) is 0 Å². The summed E-state index contributed by atoms with van der Waals surface area (Å²) in [6.45, 7) is 17.0. The highest BCUT2D eigenvalue weighted by atomic mass is 28.4. The molecule has 0 aliphatic heterocycles. The second-order valence-corrected chi connectivity index (χ2v) is 10.5.